The van der Waals surface area contributed by atoms with E-state index in [1.54, 1.807) is 7.05 Å². The molecular weight excluding hydrogens is 314 g/mol. The summed E-state index contributed by atoms with van der Waals surface area (Å²) in [6.07, 6.45) is 13.3. The van der Waals surface area contributed by atoms with Gasteiger partial charge in [-0.05, 0) is 13.5 Å². The molecule has 0 radical (unpaired) electrons. The van der Waals surface area contributed by atoms with Crippen molar-refractivity contribution in [2.24, 2.45) is 0 Å². The molecule has 0 aliphatic rings. The number of Topliss-reactive ketones (excluding diaryl/α,β-unsaturated/α-hetero) is 1. The molecule has 5 nitrogen and oxygen atoms in total. The van der Waals surface area contributed by atoms with Crippen LogP contribution >= 0.6 is 0 Å². The average molecular weight is 350 g/mol. The Morgan fingerprint density at radius 2 is 1.35 bits per heavy atom. The van der Waals surface area contributed by atoms with Gasteiger partial charge in [-0.1, -0.05) is 71.1 Å². The lowest BCUT2D eigenvalue weighted by atomic mass is 10.0. The highest BCUT2D eigenvalue weighted by Crippen LogP contribution is 2.13. The van der Waals surface area contributed by atoms with E-state index in [1.807, 2.05) is 0 Å². The second-order valence-electron chi connectivity index (χ2n) is 6.31. The molecule has 23 heavy (non-hydrogen) atoms. The zero-order chi connectivity index (χ0) is 17.6. The third kappa shape index (κ3) is 12.6. The molecule has 0 saturated heterocycles. The monoisotopic (exact) mass is 349 g/mol. The van der Waals surface area contributed by atoms with Crippen LogP contribution in [0.2, 0.25) is 0 Å². The van der Waals surface area contributed by atoms with Gasteiger partial charge >= 0.3 is 0 Å². The molecule has 6 heteroatoms. The normalized spacial score (nSPS) is 13.2. The van der Waals surface area contributed by atoms with Crippen LogP contribution in [0.15, 0.2) is 0 Å². The van der Waals surface area contributed by atoms with Gasteiger partial charge in [0.15, 0.2) is 11.0 Å². The minimum Gasteiger partial charge on any atom is -0.318 e. The van der Waals surface area contributed by atoms with Gasteiger partial charge in [-0.3, -0.25) is 9.35 Å². The molecular formula is C17H35NO4S. The van der Waals surface area contributed by atoms with Crippen molar-refractivity contribution >= 4 is 15.9 Å². The van der Waals surface area contributed by atoms with Crippen LogP contribution in [0.3, 0.4) is 0 Å². The van der Waals surface area contributed by atoms with Crippen molar-refractivity contribution in [1.82, 2.24) is 5.32 Å². The number of carbonyl (C=O) groups is 1. The lowest BCUT2D eigenvalue weighted by molar-refractivity contribution is -0.118. The summed E-state index contributed by atoms with van der Waals surface area (Å²) in [6.45, 7) is 2.19. The first-order chi connectivity index (χ1) is 10.9. The van der Waals surface area contributed by atoms with E-state index in [2.05, 4.69) is 12.2 Å². The van der Waals surface area contributed by atoms with Crippen LogP contribution in [0.5, 0.6) is 0 Å². The Kier molecular flexibility index (Phi) is 13.7. The second kappa shape index (κ2) is 13.9. The SMILES string of the molecule is CCCCCCCCCCCCCC(=O)C(CNC)S(=O)(=O)O. The van der Waals surface area contributed by atoms with Gasteiger partial charge in [-0.25, -0.2) is 0 Å². The Morgan fingerprint density at radius 3 is 1.74 bits per heavy atom. The molecule has 0 aromatic carbocycles. The number of unbranched alkanes of at least 4 members (excludes halogenated alkanes) is 10. The van der Waals surface area contributed by atoms with Gasteiger partial charge < -0.3 is 5.32 Å². The summed E-state index contributed by atoms with van der Waals surface area (Å²) >= 11 is 0. The molecule has 0 aromatic rings. The van der Waals surface area contributed by atoms with Crippen molar-refractivity contribution in [2.45, 2.75) is 89.2 Å². The molecule has 1 unspecified atom stereocenters. The molecule has 1 atom stereocenters. The highest BCUT2D eigenvalue weighted by atomic mass is 32.2. The topological polar surface area (TPSA) is 83.5 Å². The van der Waals surface area contributed by atoms with Gasteiger partial charge in [0, 0.05) is 13.0 Å². The summed E-state index contributed by atoms with van der Waals surface area (Å²) in [5.41, 5.74) is 0. The molecule has 0 aliphatic heterocycles. The summed E-state index contributed by atoms with van der Waals surface area (Å²) in [5, 5.41) is 1.31. The van der Waals surface area contributed by atoms with Gasteiger partial charge in [-0.15, -0.1) is 0 Å². The van der Waals surface area contributed by atoms with Gasteiger partial charge in [0.1, 0.15) is 0 Å². The van der Waals surface area contributed by atoms with Crippen LogP contribution in [-0.2, 0) is 14.9 Å². The fourth-order valence-corrected chi connectivity index (χ4v) is 3.52. The van der Waals surface area contributed by atoms with E-state index in [9.17, 15) is 13.2 Å². The summed E-state index contributed by atoms with van der Waals surface area (Å²) in [5.74, 6) is -0.391. The Hall–Kier alpha value is -0.460. The lowest BCUT2D eigenvalue weighted by Crippen LogP contribution is -2.38. The van der Waals surface area contributed by atoms with Gasteiger partial charge in [0.05, 0.1) is 0 Å². The summed E-state index contributed by atoms with van der Waals surface area (Å²) in [6, 6.07) is 0. The highest BCUT2D eigenvalue weighted by molar-refractivity contribution is 7.87. The van der Waals surface area contributed by atoms with E-state index in [0.29, 0.717) is 6.42 Å². The second-order valence-corrected chi connectivity index (χ2v) is 7.91. The lowest BCUT2D eigenvalue weighted by Gasteiger charge is -2.12. The number of hydrogen-bond acceptors (Lipinski definition) is 4. The maximum Gasteiger partial charge on any atom is 0.276 e. The molecule has 0 bridgehead atoms. The third-order valence-corrected chi connectivity index (χ3v) is 5.28. The fraction of sp³-hybridized carbons (Fsp3) is 0.941. The molecule has 0 rings (SSSR count). The van der Waals surface area contributed by atoms with E-state index in [1.165, 1.54) is 51.4 Å². The van der Waals surface area contributed by atoms with Crippen molar-refractivity contribution in [3.63, 3.8) is 0 Å². The maximum atomic E-state index is 11.9. The van der Waals surface area contributed by atoms with Crippen LogP contribution < -0.4 is 5.32 Å². The average Bonchev–Trinajstić information content (AvgIpc) is 2.48. The summed E-state index contributed by atoms with van der Waals surface area (Å²) < 4.78 is 31.4. The molecule has 0 aromatic heterocycles. The fourth-order valence-electron chi connectivity index (χ4n) is 2.70. The van der Waals surface area contributed by atoms with Crippen molar-refractivity contribution < 1.29 is 17.8 Å². The minimum absolute atomic E-state index is 0.0320. The van der Waals surface area contributed by atoms with Crippen LogP contribution in [0.4, 0.5) is 0 Å². The predicted molar refractivity (Wildman–Crippen MR) is 95.3 cm³/mol. The number of rotatable bonds is 16. The quantitative estimate of drug-likeness (QED) is 0.328. The minimum atomic E-state index is -4.30. The zero-order valence-electron chi connectivity index (χ0n) is 14.8. The van der Waals surface area contributed by atoms with Crippen molar-refractivity contribution in [3.05, 3.63) is 0 Å². The van der Waals surface area contributed by atoms with Crippen LogP contribution in [0.25, 0.3) is 0 Å². The van der Waals surface area contributed by atoms with Gasteiger partial charge in [0.2, 0.25) is 0 Å². The smallest absolute Gasteiger partial charge is 0.276 e. The number of ketones is 1. The first kappa shape index (κ1) is 22.5. The first-order valence-electron chi connectivity index (χ1n) is 9.07. The maximum absolute atomic E-state index is 11.9. The molecule has 0 fully saturated rings. The standard InChI is InChI=1S/C17H35NO4S/c1-3-4-5-6-7-8-9-10-11-12-13-14-16(19)17(15-18-2)23(20,21)22/h17-18H,3-15H2,1-2H3,(H,20,21,22). The first-order valence-corrected chi connectivity index (χ1v) is 10.6. The molecule has 138 valence electrons. The Balaban J connectivity index is 3.62. The molecule has 2 N–H and O–H groups in total. The van der Waals surface area contributed by atoms with Crippen LogP contribution in [-0.4, -0.2) is 37.6 Å². The van der Waals surface area contributed by atoms with E-state index < -0.39 is 21.2 Å². The predicted octanol–water partition coefficient (Wildman–Crippen LogP) is 3.73. The van der Waals surface area contributed by atoms with E-state index >= 15 is 0 Å². The highest BCUT2D eigenvalue weighted by Gasteiger charge is 2.29. The van der Waals surface area contributed by atoms with Crippen molar-refractivity contribution in [1.29, 1.82) is 0 Å². The number of carbonyl (C=O) groups excluding carboxylic acids is 1. The number of hydrogen-bond donors (Lipinski definition) is 2. The van der Waals surface area contributed by atoms with E-state index in [-0.39, 0.29) is 13.0 Å². The molecule has 0 heterocycles. The summed E-state index contributed by atoms with van der Waals surface area (Å²) in [4.78, 5) is 11.9. The Labute approximate surface area is 142 Å². The third-order valence-electron chi connectivity index (χ3n) is 4.13. The summed E-state index contributed by atoms with van der Waals surface area (Å²) in [7, 11) is -2.74. The zero-order valence-corrected chi connectivity index (χ0v) is 15.7. The molecule has 0 amide bonds. The molecule has 0 spiro atoms. The van der Waals surface area contributed by atoms with E-state index in [0.717, 1.165) is 12.8 Å². The van der Waals surface area contributed by atoms with Gasteiger partial charge in [0.25, 0.3) is 10.1 Å². The van der Waals surface area contributed by atoms with Crippen LogP contribution in [0.1, 0.15) is 84.0 Å². The van der Waals surface area contributed by atoms with Crippen molar-refractivity contribution in [2.75, 3.05) is 13.6 Å². The van der Waals surface area contributed by atoms with Crippen LogP contribution in [0, 0.1) is 0 Å². The van der Waals surface area contributed by atoms with Crippen molar-refractivity contribution in [3.8, 4) is 0 Å². The van der Waals surface area contributed by atoms with Gasteiger partial charge in [-0.2, -0.15) is 8.42 Å². The Morgan fingerprint density at radius 1 is 0.913 bits per heavy atom. The Bertz CT molecular complexity index is 395. The number of nitrogens with one attached hydrogen (secondary N) is 1. The molecule has 0 aliphatic carbocycles. The van der Waals surface area contributed by atoms with E-state index in [4.69, 9.17) is 4.55 Å². The molecule has 0 saturated carbocycles. The largest absolute Gasteiger partial charge is 0.318 e.